The van der Waals surface area contributed by atoms with Gasteiger partial charge in [-0.25, -0.2) is 0 Å². The molecule has 0 radical (unpaired) electrons. The zero-order chi connectivity index (χ0) is 18.5. The Balaban J connectivity index is 1.56. The smallest absolute Gasteiger partial charge is 0.124 e. The van der Waals surface area contributed by atoms with Gasteiger partial charge in [-0.15, -0.1) is 0 Å². The fourth-order valence-electron chi connectivity index (χ4n) is 3.97. The molecule has 1 aliphatic carbocycles. The van der Waals surface area contributed by atoms with Gasteiger partial charge in [0.05, 0.1) is 0 Å². The summed E-state index contributed by atoms with van der Waals surface area (Å²) in [7, 11) is 0. The zero-order valence-corrected chi connectivity index (χ0v) is 16.3. The Kier molecular flexibility index (Phi) is 5.96. The maximum absolute atomic E-state index is 6.23. The molecular formula is C24H26ClNO. The van der Waals surface area contributed by atoms with Crippen LogP contribution in [0.1, 0.15) is 43.2 Å². The lowest BCUT2D eigenvalue weighted by molar-refractivity contribution is 0.300. The maximum Gasteiger partial charge on any atom is 0.124 e. The number of hydrogen-bond donors (Lipinski definition) is 1. The minimum absolute atomic E-state index is 0.523. The Morgan fingerprint density at radius 3 is 2.63 bits per heavy atom. The Labute approximate surface area is 166 Å². The summed E-state index contributed by atoms with van der Waals surface area (Å²) >= 11 is 6.11. The molecule has 0 unspecified atom stereocenters. The fraction of sp³-hybridized carbons (Fsp3) is 0.333. The van der Waals surface area contributed by atoms with E-state index < -0.39 is 0 Å². The highest BCUT2D eigenvalue weighted by Gasteiger charge is 2.15. The number of hydrogen-bond acceptors (Lipinski definition) is 2. The lowest BCUT2D eigenvalue weighted by Crippen LogP contribution is -2.30. The molecule has 0 heterocycles. The number of nitrogens with one attached hydrogen (secondary N) is 1. The average Bonchev–Trinajstić information content (AvgIpc) is 2.71. The van der Waals surface area contributed by atoms with Crippen LogP contribution in [0.25, 0.3) is 10.8 Å². The van der Waals surface area contributed by atoms with Crippen LogP contribution in [0.4, 0.5) is 0 Å². The molecule has 3 heteroatoms. The molecule has 0 aromatic heterocycles. The summed E-state index contributed by atoms with van der Waals surface area (Å²) in [6.45, 7) is 1.37. The number of rotatable bonds is 6. The van der Waals surface area contributed by atoms with Gasteiger partial charge in [-0.2, -0.15) is 0 Å². The van der Waals surface area contributed by atoms with Gasteiger partial charge in [0.25, 0.3) is 0 Å². The summed E-state index contributed by atoms with van der Waals surface area (Å²) in [4.78, 5) is 0. The third-order valence-corrected chi connectivity index (χ3v) is 5.69. The van der Waals surface area contributed by atoms with E-state index >= 15 is 0 Å². The van der Waals surface area contributed by atoms with E-state index in [-0.39, 0.29) is 0 Å². The highest BCUT2D eigenvalue weighted by molar-refractivity contribution is 6.30. The quantitative estimate of drug-likeness (QED) is 0.528. The van der Waals surface area contributed by atoms with Gasteiger partial charge in [0.2, 0.25) is 0 Å². The molecule has 27 heavy (non-hydrogen) atoms. The number of halogens is 1. The van der Waals surface area contributed by atoms with Crippen molar-refractivity contribution in [1.29, 1.82) is 0 Å². The summed E-state index contributed by atoms with van der Waals surface area (Å²) in [5.74, 6) is 0.956. The van der Waals surface area contributed by atoms with Gasteiger partial charge in [-0.1, -0.05) is 73.3 Å². The molecular weight excluding hydrogens is 354 g/mol. The van der Waals surface area contributed by atoms with Crippen molar-refractivity contribution in [1.82, 2.24) is 5.32 Å². The largest absolute Gasteiger partial charge is 0.489 e. The second-order valence-electron chi connectivity index (χ2n) is 7.40. The van der Waals surface area contributed by atoms with Gasteiger partial charge in [0.15, 0.2) is 0 Å². The lowest BCUT2D eigenvalue weighted by atomic mass is 9.95. The molecule has 0 saturated heterocycles. The number of ether oxygens (including phenoxy) is 1. The Morgan fingerprint density at radius 2 is 1.78 bits per heavy atom. The van der Waals surface area contributed by atoms with Gasteiger partial charge in [-0.3, -0.25) is 0 Å². The fourth-order valence-corrected chi connectivity index (χ4v) is 4.19. The van der Waals surface area contributed by atoms with Crippen LogP contribution in [-0.2, 0) is 13.2 Å². The predicted octanol–water partition coefficient (Wildman–Crippen LogP) is 6.49. The second-order valence-corrected chi connectivity index (χ2v) is 7.83. The molecule has 0 aliphatic heterocycles. The summed E-state index contributed by atoms with van der Waals surface area (Å²) in [6.07, 6.45) is 6.62. The molecule has 2 nitrogen and oxygen atoms in total. The standard InChI is InChI=1S/C24H26ClNO/c25-20-9-6-7-18(15-20)17-27-24-14-13-19-8-4-5-12-22(19)23(24)16-26-21-10-2-1-3-11-21/h4-9,12-15,21,26H,1-3,10-11,16-17H2. The highest BCUT2D eigenvalue weighted by atomic mass is 35.5. The first-order valence-corrected chi connectivity index (χ1v) is 10.3. The first kappa shape index (κ1) is 18.3. The molecule has 1 fully saturated rings. The summed E-state index contributed by atoms with van der Waals surface area (Å²) in [5, 5.41) is 7.05. The normalized spacial score (nSPS) is 15.1. The van der Waals surface area contributed by atoms with Crippen molar-refractivity contribution in [3.63, 3.8) is 0 Å². The van der Waals surface area contributed by atoms with E-state index in [1.165, 1.54) is 48.4 Å². The summed E-state index contributed by atoms with van der Waals surface area (Å²) in [5.41, 5.74) is 2.34. The van der Waals surface area contributed by atoms with Crippen LogP contribution >= 0.6 is 11.6 Å². The average molecular weight is 380 g/mol. The van der Waals surface area contributed by atoms with Crippen LogP contribution in [0.5, 0.6) is 5.75 Å². The van der Waals surface area contributed by atoms with Crippen LogP contribution in [0.2, 0.25) is 5.02 Å². The molecule has 1 N–H and O–H groups in total. The molecule has 4 rings (SSSR count). The monoisotopic (exact) mass is 379 g/mol. The SMILES string of the molecule is Clc1cccc(COc2ccc3ccccc3c2CNC2CCCCC2)c1. The first-order valence-electron chi connectivity index (χ1n) is 9.91. The van der Waals surface area contributed by atoms with E-state index in [1.807, 2.05) is 24.3 Å². The van der Waals surface area contributed by atoms with E-state index in [1.54, 1.807) is 0 Å². The van der Waals surface area contributed by atoms with Crippen LogP contribution in [0.3, 0.4) is 0 Å². The van der Waals surface area contributed by atoms with E-state index in [2.05, 4.69) is 41.7 Å². The molecule has 0 atom stereocenters. The molecule has 140 valence electrons. The molecule has 0 bridgehead atoms. The van der Waals surface area contributed by atoms with Crippen LogP contribution in [0.15, 0.2) is 60.7 Å². The van der Waals surface area contributed by atoms with Crippen LogP contribution in [0, 0.1) is 0 Å². The van der Waals surface area contributed by atoms with Crippen molar-refractivity contribution in [2.24, 2.45) is 0 Å². The van der Waals surface area contributed by atoms with Crippen molar-refractivity contribution < 1.29 is 4.74 Å². The van der Waals surface area contributed by atoms with Crippen LogP contribution < -0.4 is 10.1 Å². The summed E-state index contributed by atoms with van der Waals surface area (Å²) < 4.78 is 6.23. The van der Waals surface area contributed by atoms with E-state index in [4.69, 9.17) is 16.3 Å². The Morgan fingerprint density at radius 1 is 0.926 bits per heavy atom. The molecule has 1 saturated carbocycles. The third kappa shape index (κ3) is 4.63. The Hall–Kier alpha value is -2.03. The van der Waals surface area contributed by atoms with E-state index in [0.29, 0.717) is 12.6 Å². The second kappa shape index (κ2) is 8.77. The zero-order valence-electron chi connectivity index (χ0n) is 15.6. The molecule has 3 aromatic rings. The van der Waals surface area contributed by atoms with Crippen molar-refractivity contribution >= 4 is 22.4 Å². The van der Waals surface area contributed by atoms with Crippen molar-refractivity contribution in [3.8, 4) is 5.75 Å². The van der Waals surface area contributed by atoms with E-state index in [0.717, 1.165) is 22.9 Å². The van der Waals surface area contributed by atoms with Gasteiger partial charge in [0, 0.05) is 23.2 Å². The number of benzene rings is 3. The first-order chi connectivity index (χ1) is 13.3. The highest BCUT2D eigenvalue weighted by Crippen LogP contribution is 2.29. The van der Waals surface area contributed by atoms with E-state index in [9.17, 15) is 0 Å². The van der Waals surface area contributed by atoms with Gasteiger partial charge >= 0.3 is 0 Å². The maximum atomic E-state index is 6.23. The molecule has 0 spiro atoms. The van der Waals surface area contributed by atoms with Crippen LogP contribution in [-0.4, -0.2) is 6.04 Å². The van der Waals surface area contributed by atoms with Gasteiger partial charge in [-0.05, 0) is 47.4 Å². The lowest BCUT2D eigenvalue weighted by Gasteiger charge is -2.24. The molecule has 0 amide bonds. The summed E-state index contributed by atoms with van der Waals surface area (Å²) in [6, 6.07) is 21.3. The Bertz CT molecular complexity index is 902. The van der Waals surface area contributed by atoms with Crippen molar-refractivity contribution in [2.75, 3.05) is 0 Å². The number of fused-ring (bicyclic) bond motifs is 1. The molecule has 1 aliphatic rings. The minimum Gasteiger partial charge on any atom is -0.489 e. The van der Waals surface area contributed by atoms with Crippen molar-refractivity contribution in [3.05, 3.63) is 76.8 Å². The molecule has 3 aromatic carbocycles. The predicted molar refractivity (Wildman–Crippen MR) is 113 cm³/mol. The van der Waals surface area contributed by atoms with Crippen molar-refractivity contribution in [2.45, 2.75) is 51.3 Å². The third-order valence-electron chi connectivity index (χ3n) is 5.45. The minimum atomic E-state index is 0.523. The topological polar surface area (TPSA) is 21.3 Å². The van der Waals surface area contributed by atoms with Gasteiger partial charge in [0.1, 0.15) is 12.4 Å². The van der Waals surface area contributed by atoms with Gasteiger partial charge < -0.3 is 10.1 Å².